The molecule has 0 fully saturated rings. The number of hydrazone groups is 1. The Morgan fingerprint density at radius 3 is 2.80 bits per heavy atom. The van der Waals surface area contributed by atoms with E-state index >= 15 is 0 Å². The maximum Gasteiger partial charge on any atom is 0.272 e. The van der Waals surface area contributed by atoms with Crippen LogP contribution in [0.4, 0.5) is 5.69 Å². The Balaban J connectivity index is 1.81. The van der Waals surface area contributed by atoms with Gasteiger partial charge in [-0.1, -0.05) is 30.3 Å². The number of aromatic nitrogens is 1. The molecule has 0 radical (unpaired) electrons. The molecule has 3 aromatic rings. The summed E-state index contributed by atoms with van der Waals surface area (Å²) in [5, 5.41) is 15.4. The van der Waals surface area contributed by atoms with E-state index in [1.54, 1.807) is 18.2 Å². The Morgan fingerprint density at radius 1 is 1.20 bits per heavy atom. The molecule has 0 atom stereocenters. The Bertz CT molecular complexity index is 999. The second-order valence-corrected chi connectivity index (χ2v) is 5.38. The van der Waals surface area contributed by atoms with Crippen LogP contribution in [0.5, 0.6) is 0 Å². The first-order valence-electron chi connectivity index (χ1n) is 7.49. The average Bonchev–Trinajstić information content (AvgIpc) is 2.61. The van der Waals surface area contributed by atoms with Crippen molar-refractivity contribution in [1.29, 1.82) is 0 Å². The van der Waals surface area contributed by atoms with Crippen LogP contribution >= 0.6 is 0 Å². The van der Waals surface area contributed by atoms with E-state index in [1.165, 1.54) is 18.3 Å². The molecule has 1 aromatic heterocycles. The largest absolute Gasteiger partial charge is 0.272 e. The number of hydrogen-bond acceptors (Lipinski definition) is 5. The summed E-state index contributed by atoms with van der Waals surface area (Å²) in [7, 11) is 0. The summed E-state index contributed by atoms with van der Waals surface area (Å²) in [6.07, 6.45) is 1.36. The molecule has 1 amide bonds. The smallest absolute Gasteiger partial charge is 0.267 e. The van der Waals surface area contributed by atoms with Crippen molar-refractivity contribution < 1.29 is 9.72 Å². The SMILES string of the molecule is Cc1cc(C(=O)N/N=C\c2cccc([N+](=O)[O-])c2)c2ccccc2n1. The molecule has 1 N–H and O–H groups in total. The van der Waals surface area contributed by atoms with Gasteiger partial charge in [0, 0.05) is 28.8 Å². The van der Waals surface area contributed by atoms with E-state index in [0.29, 0.717) is 11.1 Å². The van der Waals surface area contributed by atoms with Gasteiger partial charge in [-0.2, -0.15) is 5.10 Å². The Labute approximate surface area is 143 Å². The van der Waals surface area contributed by atoms with E-state index in [-0.39, 0.29) is 11.6 Å². The molecule has 0 aliphatic rings. The number of carbonyl (C=O) groups excluding carboxylic acids is 1. The predicted molar refractivity (Wildman–Crippen MR) is 94.6 cm³/mol. The zero-order valence-electron chi connectivity index (χ0n) is 13.3. The van der Waals surface area contributed by atoms with Crippen LogP contribution in [0.1, 0.15) is 21.6 Å². The molecular formula is C18H14N4O3. The number of fused-ring (bicyclic) bond motifs is 1. The summed E-state index contributed by atoms with van der Waals surface area (Å²) in [5.74, 6) is -0.372. The van der Waals surface area contributed by atoms with Crippen molar-refractivity contribution in [3.63, 3.8) is 0 Å². The van der Waals surface area contributed by atoms with E-state index in [0.717, 1.165) is 16.6 Å². The molecule has 0 bridgehead atoms. The summed E-state index contributed by atoms with van der Waals surface area (Å²) in [4.78, 5) is 27.1. The van der Waals surface area contributed by atoms with Gasteiger partial charge >= 0.3 is 0 Å². The van der Waals surface area contributed by atoms with Crippen LogP contribution < -0.4 is 5.43 Å². The molecule has 0 aliphatic carbocycles. The molecule has 124 valence electrons. The fourth-order valence-corrected chi connectivity index (χ4v) is 2.44. The maximum atomic E-state index is 12.4. The van der Waals surface area contributed by atoms with Gasteiger partial charge < -0.3 is 0 Å². The molecule has 7 heteroatoms. The van der Waals surface area contributed by atoms with Gasteiger partial charge in [0.1, 0.15) is 0 Å². The van der Waals surface area contributed by atoms with Crippen LogP contribution in [0.15, 0.2) is 59.7 Å². The molecule has 0 saturated heterocycles. The van der Waals surface area contributed by atoms with Gasteiger partial charge in [0.25, 0.3) is 11.6 Å². The van der Waals surface area contributed by atoms with E-state index in [2.05, 4.69) is 15.5 Å². The molecule has 1 heterocycles. The van der Waals surface area contributed by atoms with Crippen molar-refractivity contribution in [2.45, 2.75) is 6.92 Å². The Hall–Kier alpha value is -3.61. The van der Waals surface area contributed by atoms with Gasteiger partial charge in [-0.15, -0.1) is 0 Å². The second-order valence-electron chi connectivity index (χ2n) is 5.38. The Morgan fingerprint density at radius 2 is 2.00 bits per heavy atom. The third-order valence-electron chi connectivity index (χ3n) is 3.55. The van der Waals surface area contributed by atoms with Crippen LogP contribution in [-0.2, 0) is 0 Å². The van der Waals surface area contributed by atoms with Gasteiger partial charge in [-0.3, -0.25) is 19.9 Å². The van der Waals surface area contributed by atoms with Crippen molar-refractivity contribution in [3.05, 3.63) is 81.5 Å². The van der Waals surface area contributed by atoms with Crippen molar-refractivity contribution in [1.82, 2.24) is 10.4 Å². The van der Waals surface area contributed by atoms with Crippen molar-refractivity contribution in [2.24, 2.45) is 5.10 Å². The van der Waals surface area contributed by atoms with E-state index < -0.39 is 4.92 Å². The monoisotopic (exact) mass is 334 g/mol. The first-order valence-corrected chi connectivity index (χ1v) is 7.49. The number of benzene rings is 2. The van der Waals surface area contributed by atoms with Crippen LogP contribution in [0.25, 0.3) is 10.9 Å². The Kier molecular flexibility index (Phi) is 4.47. The third-order valence-corrected chi connectivity index (χ3v) is 3.55. The lowest BCUT2D eigenvalue weighted by Crippen LogP contribution is -2.18. The van der Waals surface area contributed by atoms with Crippen LogP contribution in [-0.4, -0.2) is 22.0 Å². The lowest BCUT2D eigenvalue weighted by molar-refractivity contribution is -0.384. The van der Waals surface area contributed by atoms with Crippen LogP contribution in [0, 0.1) is 17.0 Å². The molecule has 0 unspecified atom stereocenters. The fourth-order valence-electron chi connectivity index (χ4n) is 2.44. The van der Waals surface area contributed by atoms with Gasteiger partial charge in [-0.25, -0.2) is 5.43 Å². The topological polar surface area (TPSA) is 97.5 Å². The lowest BCUT2D eigenvalue weighted by Gasteiger charge is -2.06. The first kappa shape index (κ1) is 16.3. The minimum absolute atomic E-state index is 0.0361. The molecule has 2 aromatic carbocycles. The summed E-state index contributed by atoms with van der Waals surface area (Å²) in [6.45, 7) is 1.82. The number of hydrogen-bond donors (Lipinski definition) is 1. The van der Waals surface area contributed by atoms with E-state index in [4.69, 9.17) is 0 Å². The number of nitro benzene ring substituents is 1. The van der Waals surface area contributed by atoms with Gasteiger partial charge in [-0.05, 0) is 19.1 Å². The number of nitrogens with zero attached hydrogens (tertiary/aromatic N) is 3. The zero-order chi connectivity index (χ0) is 17.8. The molecule has 25 heavy (non-hydrogen) atoms. The van der Waals surface area contributed by atoms with Crippen molar-refractivity contribution >= 4 is 28.7 Å². The second kappa shape index (κ2) is 6.88. The number of non-ortho nitro benzene ring substituents is 1. The number of pyridine rings is 1. The zero-order valence-corrected chi connectivity index (χ0v) is 13.3. The standard InChI is InChI=1S/C18H14N4O3/c1-12-9-16(15-7-2-3-8-17(15)20-12)18(23)21-19-11-13-5-4-6-14(10-13)22(24)25/h2-11H,1H3,(H,21,23)/b19-11-. The quantitative estimate of drug-likeness (QED) is 0.450. The first-order chi connectivity index (χ1) is 12.0. The minimum Gasteiger partial charge on any atom is -0.267 e. The molecule has 7 nitrogen and oxygen atoms in total. The number of nitro groups is 1. The summed E-state index contributed by atoms with van der Waals surface area (Å²) < 4.78 is 0. The van der Waals surface area contributed by atoms with Gasteiger partial charge in [0.2, 0.25) is 0 Å². The molecular weight excluding hydrogens is 320 g/mol. The minimum atomic E-state index is -0.484. The number of amides is 1. The lowest BCUT2D eigenvalue weighted by atomic mass is 10.1. The number of aryl methyl sites for hydroxylation is 1. The van der Waals surface area contributed by atoms with Crippen LogP contribution in [0.2, 0.25) is 0 Å². The van der Waals surface area contributed by atoms with E-state index in [9.17, 15) is 14.9 Å². The van der Waals surface area contributed by atoms with Crippen LogP contribution in [0.3, 0.4) is 0 Å². The number of para-hydroxylation sites is 1. The number of nitrogens with one attached hydrogen (secondary N) is 1. The summed E-state index contributed by atoms with van der Waals surface area (Å²) in [6, 6.07) is 15.0. The fraction of sp³-hybridized carbons (Fsp3) is 0.0556. The highest BCUT2D eigenvalue weighted by atomic mass is 16.6. The molecule has 0 spiro atoms. The average molecular weight is 334 g/mol. The highest BCUT2D eigenvalue weighted by Crippen LogP contribution is 2.18. The molecule has 0 saturated carbocycles. The number of carbonyl (C=O) groups is 1. The highest BCUT2D eigenvalue weighted by molar-refractivity contribution is 6.06. The van der Waals surface area contributed by atoms with Gasteiger partial charge in [0.15, 0.2) is 0 Å². The highest BCUT2D eigenvalue weighted by Gasteiger charge is 2.11. The molecule has 0 aliphatic heterocycles. The number of rotatable bonds is 4. The predicted octanol–water partition coefficient (Wildman–Crippen LogP) is 3.22. The third kappa shape index (κ3) is 3.66. The molecule has 3 rings (SSSR count). The summed E-state index contributed by atoms with van der Waals surface area (Å²) in [5.41, 5.74) is 4.86. The maximum absolute atomic E-state index is 12.4. The normalized spacial score (nSPS) is 10.9. The van der Waals surface area contributed by atoms with E-state index in [1.807, 2.05) is 31.2 Å². The van der Waals surface area contributed by atoms with Crippen molar-refractivity contribution in [3.8, 4) is 0 Å². The van der Waals surface area contributed by atoms with Crippen molar-refractivity contribution in [2.75, 3.05) is 0 Å². The van der Waals surface area contributed by atoms with Gasteiger partial charge in [0.05, 0.1) is 22.2 Å². The summed E-state index contributed by atoms with van der Waals surface area (Å²) >= 11 is 0.